The van der Waals surface area contributed by atoms with E-state index in [9.17, 15) is 13.9 Å². The van der Waals surface area contributed by atoms with Gasteiger partial charge < -0.3 is 10.8 Å². The number of aryl methyl sites for hydroxylation is 1. The first-order valence-corrected chi connectivity index (χ1v) is 5.51. The van der Waals surface area contributed by atoms with Gasteiger partial charge in [-0.05, 0) is 36.2 Å². The number of halogens is 2. The molecule has 0 atom stereocenters. The summed E-state index contributed by atoms with van der Waals surface area (Å²) in [5.74, 6) is -1.87. The molecule has 0 unspecified atom stereocenters. The van der Waals surface area contributed by atoms with Gasteiger partial charge in [0.15, 0.2) is 11.6 Å². The number of rotatable bonds is 2. The minimum Gasteiger partial charge on any atom is -0.507 e. The molecule has 2 nitrogen and oxygen atoms in total. The van der Waals surface area contributed by atoms with Crippen molar-refractivity contribution in [3.8, 4) is 16.9 Å². The monoisotopic (exact) mass is 249 g/mol. The fourth-order valence-corrected chi connectivity index (χ4v) is 1.97. The fraction of sp³-hybridized carbons (Fsp3) is 0.143. The maximum atomic E-state index is 13.5. The molecule has 0 aromatic heterocycles. The highest BCUT2D eigenvalue weighted by atomic mass is 19.2. The molecule has 4 heteroatoms. The van der Waals surface area contributed by atoms with Gasteiger partial charge in [0.05, 0.1) is 0 Å². The second-order valence-corrected chi connectivity index (χ2v) is 4.10. The van der Waals surface area contributed by atoms with Gasteiger partial charge in [-0.15, -0.1) is 0 Å². The van der Waals surface area contributed by atoms with Crippen LogP contribution in [0.15, 0.2) is 30.3 Å². The number of hydrogen-bond donors (Lipinski definition) is 2. The van der Waals surface area contributed by atoms with E-state index in [4.69, 9.17) is 5.73 Å². The Hall–Kier alpha value is -1.94. The van der Waals surface area contributed by atoms with E-state index in [1.807, 2.05) is 0 Å². The van der Waals surface area contributed by atoms with Crippen LogP contribution in [0.1, 0.15) is 11.1 Å². The van der Waals surface area contributed by atoms with Crippen molar-refractivity contribution >= 4 is 0 Å². The van der Waals surface area contributed by atoms with Crippen LogP contribution in [-0.2, 0) is 6.54 Å². The van der Waals surface area contributed by atoms with Gasteiger partial charge in [-0.2, -0.15) is 0 Å². The van der Waals surface area contributed by atoms with Gasteiger partial charge in [0.1, 0.15) is 5.75 Å². The van der Waals surface area contributed by atoms with Gasteiger partial charge in [-0.3, -0.25) is 0 Å². The van der Waals surface area contributed by atoms with Gasteiger partial charge in [0, 0.05) is 17.7 Å². The van der Waals surface area contributed by atoms with E-state index in [0.29, 0.717) is 11.1 Å². The van der Waals surface area contributed by atoms with Crippen molar-refractivity contribution in [2.45, 2.75) is 13.5 Å². The van der Waals surface area contributed by atoms with Crippen LogP contribution >= 0.6 is 0 Å². The maximum Gasteiger partial charge on any atom is 0.163 e. The topological polar surface area (TPSA) is 46.2 Å². The summed E-state index contributed by atoms with van der Waals surface area (Å²) in [7, 11) is 0. The molecule has 0 saturated heterocycles. The smallest absolute Gasteiger partial charge is 0.163 e. The second-order valence-electron chi connectivity index (χ2n) is 4.10. The van der Waals surface area contributed by atoms with Crippen molar-refractivity contribution < 1.29 is 13.9 Å². The average Bonchev–Trinajstić information content (AvgIpc) is 2.33. The second kappa shape index (κ2) is 4.74. The molecule has 0 amide bonds. The number of aromatic hydroxyl groups is 1. The van der Waals surface area contributed by atoms with Crippen LogP contribution in [0.2, 0.25) is 0 Å². The predicted octanol–water partition coefficient (Wildman–Crippen LogP) is 3.10. The Morgan fingerprint density at radius 3 is 2.56 bits per heavy atom. The summed E-state index contributed by atoms with van der Waals surface area (Å²) in [4.78, 5) is 0. The molecular weight excluding hydrogens is 236 g/mol. The number of hydrogen-bond acceptors (Lipinski definition) is 2. The van der Waals surface area contributed by atoms with Crippen molar-refractivity contribution in [2.75, 3.05) is 0 Å². The lowest BCUT2D eigenvalue weighted by molar-refractivity contribution is 0.476. The Kier molecular flexibility index (Phi) is 3.30. The molecule has 0 heterocycles. The summed E-state index contributed by atoms with van der Waals surface area (Å²) in [6, 6.07) is 7.51. The largest absolute Gasteiger partial charge is 0.507 e. The first-order valence-electron chi connectivity index (χ1n) is 5.51. The van der Waals surface area contributed by atoms with Crippen molar-refractivity contribution in [2.24, 2.45) is 5.73 Å². The predicted molar refractivity (Wildman–Crippen MR) is 66.1 cm³/mol. The molecule has 0 aliphatic rings. The SMILES string of the molecule is Cc1cccc(O)c1-c1cc(F)c(F)c(CN)c1. The van der Waals surface area contributed by atoms with E-state index in [-0.39, 0.29) is 17.9 Å². The van der Waals surface area contributed by atoms with Gasteiger partial charge in [-0.25, -0.2) is 8.78 Å². The summed E-state index contributed by atoms with van der Waals surface area (Å²) in [5.41, 5.74) is 7.16. The summed E-state index contributed by atoms with van der Waals surface area (Å²) >= 11 is 0. The van der Waals surface area contributed by atoms with Crippen LogP contribution in [0, 0.1) is 18.6 Å². The third kappa shape index (κ3) is 2.07. The summed E-state index contributed by atoms with van der Waals surface area (Å²) in [5, 5.41) is 9.82. The Bertz CT molecular complexity index is 576. The number of nitrogens with two attached hydrogens (primary N) is 1. The van der Waals surface area contributed by atoms with Crippen molar-refractivity contribution in [1.29, 1.82) is 0 Å². The molecule has 0 spiro atoms. The third-order valence-corrected chi connectivity index (χ3v) is 2.86. The average molecular weight is 249 g/mol. The molecule has 0 radical (unpaired) electrons. The lowest BCUT2D eigenvalue weighted by Gasteiger charge is -2.11. The third-order valence-electron chi connectivity index (χ3n) is 2.86. The molecule has 94 valence electrons. The minimum atomic E-state index is -0.962. The molecule has 2 rings (SSSR count). The van der Waals surface area contributed by atoms with Crippen LogP contribution in [0.3, 0.4) is 0 Å². The summed E-state index contributed by atoms with van der Waals surface area (Å²) < 4.78 is 26.8. The van der Waals surface area contributed by atoms with E-state index < -0.39 is 11.6 Å². The Labute approximate surface area is 104 Å². The van der Waals surface area contributed by atoms with Gasteiger partial charge >= 0.3 is 0 Å². The zero-order valence-corrected chi connectivity index (χ0v) is 9.87. The van der Waals surface area contributed by atoms with Crippen LogP contribution in [0.25, 0.3) is 11.1 Å². The molecule has 18 heavy (non-hydrogen) atoms. The molecule has 0 aliphatic carbocycles. The van der Waals surface area contributed by atoms with E-state index in [1.54, 1.807) is 19.1 Å². The van der Waals surface area contributed by atoms with E-state index in [2.05, 4.69) is 0 Å². The molecule has 3 N–H and O–H groups in total. The van der Waals surface area contributed by atoms with Crippen LogP contribution in [0.4, 0.5) is 8.78 Å². The Balaban J connectivity index is 2.68. The molecule has 2 aromatic carbocycles. The van der Waals surface area contributed by atoms with Crippen molar-refractivity contribution in [3.05, 3.63) is 53.1 Å². The quantitative estimate of drug-likeness (QED) is 0.859. The number of phenols is 1. The van der Waals surface area contributed by atoms with Crippen molar-refractivity contribution in [1.82, 2.24) is 0 Å². The number of phenolic OH excluding ortho intramolecular Hbond substituents is 1. The molecule has 0 saturated carbocycles. The van der Waals surface area contributed by atoms with E-state index in [1.165, 1.54) is 12.1 Å². The minimum absolute atomic E-state index is 0.0315. The molecule has 0 fully saturated rings. The normalized spacial score (nSPS) is 10.7. The molecule has 0 aliphatic heterocycles. The molecule has 0 bridgehead atoms. The maximum absolute atomic E-state index is 13.5. The molecular formula is C14H13F2NO. The first-order chi connectivity index (χ1) is 8.54. The number of benzene rings is 2. The Morgan fingerprint density at radius 1 is 1.22 bits per heavy atom. The highest BCUT2D eigenvalue weighted by Crippen LogP contribution is 2.33. The fourth-order valence-electron chi connectivity index (χ4n) is 1.97. The van der Waals surface area contributed by atoms with Crippen LogP contribution in [0.5, 0.6) is 5.75 Å². The van der Waals surface area contributed by atoms with Crippen molar-refractivity contribution in [3.63, 3.8) is 0 Å². The van der Waals surface area contributed by atoms with Crippen LogP contribution in [-0.4, -0.2) is 5.11 Å². The highest BCUT2D eigenvalue weighted by Gasteiger charge is 2.14. The van der Waals surface area contributed by atoms with Crippen LogP contribution < -0.4 is 5.73 Å². The standard InChI is InChI=1S/C14H13F2NO/c1-8-3-2-4-12(18)13(8)9-5-10(7-17)14(16)11(15)6-9/h2-6,18H,7,17H2,1H3. The summed E-state index contributed by atoms with van der Waals surface area (Å²) in [6.07, 6.45) is 0. The van der Waals surface area contributed by atoms with Gasteiger partial charge in [0.25, 0.3) is 0 Å². The summed E-state index contributed by atoms with van der Waals surface area (Å²) in [6.45, 7) is 1.70. The lowest BCUT2D eigenvalue weighted by atomic mass is 9.97. The lowest BCUT2D eigenvalue weighted by Crippen LogP contribution is -2.02. The highest BCUT2D eigenvalue weighted by molar-refractivity contribution is 5.74. The van der Waals surface area contributed by atoms with E-state index in [0.717, 1.165) is 11.6 Å². The molecule has 2 aromatic rings. The zero-order chi connectivity index (χ0) is 13.3. The first kappa shape index (κ1) is 12.5. The van der Waals surface area contributed by atoms with Gasteiger partial charge in [-0.1, -0.05) is 12.1 Å². The van der Waals surface area contributed by atoms with Gasteiger partial charge in [0.2, 0.25) is 0 Å². The Morgan fingerprint density at radius 2 is 1.94 bits per heavy atom. The zero-order valence-electron chi connectivity index (χ0n) is 9.87. The van der Waals surface area contributed by atoms with E-state index >= 15 is 0 Å².